The van der Waals surface area contributed by atoms with E-state index >= 15 is 0 Å². The topological polar surface area (TPSA) is 65.8 Å². The zero-order chi connectivity index (χ0) is 11.8. The van der Waals surface area contributed by atoms with E-state index in [1.165, 1.54) is 0 Å². The smallest absolute Gasteiger partial charge is 0.150 e. The minimum Gasteiger partial charge on any atom is -0.298 e. The highest BCUT2D eigenvalue weighted by atomic mass is 16.1. The van der Waals surface area contributed by atoms with Gasteiger partial charge in [-0.05, 0) is 30.5 Å². The standard InChI is InChI=1S/C12H13N3O/c1-10-5-6-11(12(8-10)9-16)4-2-3-7-14-15-13/h2,4-6,8-9H,3,7H2,1H3. The first-order valence-corrected chi connectivity index (χ1v) is 5.01. The van der Waals surface area contributed by atoms with Crippen molar-refractivity contribution < 1.29 is 4.79 Å². The van der Waals surface area contributed by atoms with Crippen molar-refractivity contribution in [3.63, 3.8) is 0 Å². The Morgan fingerprint density at radius 1 is 1.44 bits per heavy atom. The molecule has 0 bridgehead atoms. The summed E-state index contributed by atoms with van der Waals surface area (Å²) in [4.78, 5) is 13.5. The summed E-state index contributed by atoms with van der Waals surface area (Å²) in [5, 5.41) is 3.42. The molecule has 0 saturated carbocycles. The highest BCUT2D eigenvalue weighted by Crippen LogP contribution is 2.11. The highest BCUT2D eigenvalue weighted by Gasteiger charge is 1.97. The van der Waals surface area contributed by atoms with E-state index in [4.69, 9.17) is 5.53 Å². The lowest BCUT2D eigenvalue weighted by Gasteiger charge is -2.00. The number of carbonyl (C=O) groups is 1. The van der Waals surface area contributed by atoms with Gasteiger partial charge in [0, 0.05) is 17.0 Å². The lowest BCUT2D eigenvalue weighted by atomic mass is 10.0. The third kappa shape index (κ3) is 3.59. The largest absolute Gasteiger partial charge is 0.298 e. The molecular weight excluding hydrogens is 202 g/mol. The van der Waals surface area contributed by atoms with Gasteiger partial charge in [0.15, 0.2) is 6.29 Å². The molecule has 0 unspecified atom stereocenters. The van der Waals surface area contributed by atoms with Gasteiger partial charge in [0.1, 0.15) is 0 Å². The van der Waals surface area contributed by atoms with Crippen LogP contribution in [0.15, 0.2) is 29.4 Å². The summed E-state index contributed by atoms with van der Waals surface area (Å²) in [6, 6.07) is 5.71. The van der Waals surface area contributed by atoms with E-state index < -0.39 is 0 Å². The summed E-state index contributed by atoms with van der Waals surface area (Å²) in [7, 11) is 0. The van der Waals surface area contributed by atoms with Gasteiger partial charge in [-0.25, -0.2) is 0 Å². The van der Waals surface area contributed by atoms with Crippen LogP contribution >= 0.6 is 0 Å². The number of azide groups is 1. The van der Waals surface area contributed by atoms with E-state index in [1.54, 1.807) is 0 Å². The molecule has 4 nitrogen and oxygen atoms in total. The summed E-state index contributed by atoms with van der Waals surface area (Å²) < 4.78 is 0. The average Bonchev–Trinajstić information content (AvgIpc) is 2.30. The van der Waals surface area contributed by atoms with Crippen LogP contribution in [0.25, 0.3) is 16.5 Å². The van der Waals surface area contributed by atoms with Crippen molar-refractivity contribution in [2.24, 2.45) is 5.11 Å². The summed E-state index contributed by atoms with van der Waals surface area (Å²) in [6.07, 6.45) is 5.29. The molecular formula is C12H13N3O. The van der Waals surface area contributed by atoms with Gasteiger partial charge in [-0.3, -0.25) is 4.79 Å². The molecule has 0 heterocycles. The quantitative estimate of drug-likeness (QED) is 0.243. The molecule has 1 rings (SSSR count). The molecule has 0 saturated heterocycles. The zero-order valence-electron chi connectivity index (χ0n) is 9.13. The van der Waals surface area contributed by atoms with Crippen molar-refractivity contribution in [1.82, 2.24) is 0 Å². The Balaban J connectivity index is 2.72. The van der Waals surface area contributed by atoms with E-state index in [0.29, 0.717) is 18.5 Å². The Bertz CT molecular complexity index is 446. The fraction of sp³-hybridized carbons (Fsp3) is 0.250. The number of aryl methyl sites for hydroxylation is 1. The van der Waals surface area contributed by atoms with Gasteiger partial charge >= 0.3 is 0 Å². The van der Waals surface area contributed by atoms with Crippen molar-refractivity contribution in [1.29, 1.82) is 0 Å². The summed E-state index contributed by atoms with van der Waals surface area (Å²) in [6.45, 7) is 2.39. The number of hydrogen-bond acceptors (Lipinski definition) is 2. The van der Waals surface area contributed by atoms with E-state index in [2.05, 4.69) is 10.0 Å². The molecule has 4 heteroatoms. The maximum Gasteiger partial charge on any atom is 0.150 e. The maximum absolute atomic E-state index is 10.8. The summed E-state index contributed by atoms with van der Waals surface area (Å²) >= 11 is 0. The number of carbonyl (C=O) groups excluding carboxylic acids is 1. The highest BCUT2D eigenvalue weighted by molar-refractivity contribution is 5.82. The maximum atomic E-state index is 10.8. The SMILES string of the molecule is Cc1ccc(C=CCCN=[N+]=[N-])c(C=O)c1. The second-order valence-corrected chi connectivity index (χ2v) is 3.40. The third-order valence-corrected chi connectivity index (χ3v) is 2.13. The van der Waals surface area contributed by atoms with Gasteiger partial charge in [-0.15, -0.1) is 0 Å². The summed E-state index contributed by atoms with van der Waals surface area (Å²) in [5.74, 6) is 0. The van der Waals surface area contributed by atoms with Gasteiger partial charge in [-0.1, -0.05) is 35.0 Å². The molecule has 0 fully saturated rings. The molecule has 0 aromatic heterocycles. The molecule has 0 amide bonds. The monoisotopic (exact) mass is 215 g/mol. The predicted molar refractivity (Wildman–Crippen MR) is 64.2 cm³/mol. The second-order valence-electron chi connectivity index (χ2n) is 3.40. The van der Waals surface area contributed by atoms with Crippen LogP contribution in [0.4, 0.5) is 0 Å². The molecule has 0 spiro atoms. The minimum absolute atomic E-state index is 0.440. The van der Waals surface area contributed by atoms with Crippen LogP contribution in [0.5, 0.6) is 0 Å². The number of benzene rings is 1. The fourth-order valence-corrected chi connectivity index (χ4v) is 1.34. The van der Waals surface area contributed by atoms with Crippen molar-refractivity contribution >= 4 is 12.4 Å². The Morgan fingerprint density at radius 2 is 2.25 bits per heavy atom. The fourth-order valence-electron chi connectivity index (χ4n) is 1.34. The minimum atomic E-state index is 0.440. The Labute approximate surface area is 94.2 Å². The summed E-state index contributed by atoms with van der Waals surface area (Å²) in [5.41, 5.74) is 10.7. The Morgan fingerprint density at radius 3 is 2.94 bits per heavy atom. The normalized spacial score (nSPS) is 10.1. The lowest BCUT2D eigenvalue weighted by Crippen LogP contribution is -1.87. The van der Waals surface area contributed by atoms with Gasteiger partial charge in [-0.2, -0.15) is 0 Å². The van der Waals surface area contributed by atoms with Crippen molar-refractivity contribution in [3.8, 4) is 0 Å². The van der Waals surface area contributed by atoms with E-state index in [-0.39, 0.29) is 0 Å². The number of nitrogens with zero attached hydrogens (tertiary/aromatic N) is 3. The van der Waals surface area contributed by atoms with Gasteiger partial charge < -0.3 is 0 Å². The molecule has 82 valence electrons. The van der Waals surface area contributed by atoms with Gasteiger partial charge in [0.05, 0.1) is 0 Å². The number of rotatable bonds is 5. The van der Waals surface area contributed by atoms with Crippen LogP contribution in [0.3, 0.4) is 0 Å². The van der Waals surface area contributed by atoms with Crippen LogP contribution in [0.2, 0.25) is 0 Å². The molecule has 0 aliphatic carbocycles. The molecule has 16 heavy (non-hydrogen) atoms. The van der Waals surface area contributed by atoms with Crippen molar-refractivity contribution in [2.75, 3.05) is 6.54 Å². The van der Waals surface area contributed by atoms with Crippen LogP contribution in [-0.4, -0.2) is 12.8 Å². The van der Waals surface area contributed by atoms with Gasteiger partial charge in [0.2, 0.25) is 0 Å². The average molecular weight is 215 g/mol. The van der Waals surface area contributed by atoms with Crippen LogP contribution in [0.1, 0.15) is 27.9 Å². The molecule has 1 aromatic rings. The lowest BCUT2D eigenvalue weighted by molar-refractivity contribution is 0.112. The Kier molecular flexibility index (Phi) is 4.83. The molecule has 1 aromatic carbocycles. The first-order chi connectivity index (χ1) is 7.77. The second kappa shape index (κ2) is 6.43. The number of aldehydes is 1. The van der Waals surface area contributed by atoms with Gasteiger partial charge in [0.25, 0.3) is 0 Å². The molecule has 0 aliphatic heterocycles. The molecule has 0 aliphatic rings. The van der Waals surface area contributed by atoms with Crippen LogP contribution in [0, 0.1) is 6.92 Å². The zero-order valence-corrected chi connectivity index (χ0v) is 9.13. The predicted octanol–water partition coefficient (Wildman–Crippen LogP) is 3.52. The van der Waals surface area contributed by atoms with E-state index in [0.717, 1.165) is 17.4 Å². The van der Waals surface area contributed by atoms with E-state index in [9.17, 15) is 4.79 Å². The first-order valence-electron chi connectivity index (χ1n) is 5.01. The van der Waals surface area contributed by atoms with Crippen LogP contribution < -0.4 is 0 Å². The van der Waals surface area contributed by atoms with Crippen molar-refractivity contribution in [2.45, 2.75) is 13.3 Å². The molecule has 0 atom stereocenters. The van der Waals surface area contributed by atoms with Crippen molar-refractivity contribution in [3.05, 3.63) is 51.4 Å². The molecule has 0 radical (unpaired) electrons. The van der Waals surface area contributed by atoms with Crippen LogP contribution in [-0.2, 0) is 0 Å². The Hall–Kier alpha value is -2.06. The number of hydrogen-bond donors (Lipinski definition) is 0. The third-order valence-electron chi connectivity index (χ3n) is 2.13. The van der Waals surface area contributed by atoms with E-state index in [1.807, 2.05) is 37.3 Å². The molecule has 0 N–H and O–H groups in total. The first kappa shape index (κ1) is 12.0.